The van der Waals surface area contributed by atoms with Gasteiger partial charge in [0.2, 0.25) is 0 Å². The van der Waals surface area contributed by atoms with E-state index in [9.17, 15) is 23.2 Å². The van der Waals surface area contributed by atoms with Gasteiger partial charge in [-0.1, -0.05) is 42.7 Å². The van der Waals surface area contributed by atoms with E-state index in [-0.39, 0.29) is 23.9 Å². The van der Waals surface area contributed by atoms with E-state index in [2.05, 4.69) is 22.5 Å². The molecule has 1 unspecified atom stereocenters. The summed E-state index contributed by atoms with van der Waals surface area (Å²) in [5, 5.41) is 6.63. The fourth-order valence-corrected chi connectivity index (χ4v) is 6.48. The minimum atomic E-state index is -2.76. The highest BCUT2D eigenvalue weighted by molar-refractivity contribution is 7.15. The summed E-state index contributed by atoms with van der Waals surface area (Å²) in [4.78, 5) is 45.0. The van der Waals surface area contributed by atoms with Crippen molar-refractivity contribution in [3.63, 3.8) is 0 Å². The number of carbonyl (C=O) groups excluding carboxylic acids is 3. The average molecular weight is 624 g/mol. The molecule has 4 rings (SSSR count). The number of halogens is 3. The summed E-state index contributed by atoms with van der Waals surface area (Å²) in [6, 6.07) is -1.25. The molecule has 228 valence electrons. The van der Waals surface area contributed by atoms with Crippen molar-refractivity contribution in [3.05, 3.63) is 45.9 Å². The van der Waals surface area contributed by atoms with Crippen LogP contribution in [-0.4, -0.2) is 70.0 Å². The highest BCUT2D eigenvalue weighted by Gasteiger charge is 2.45. The molecule has 1 aromatic heterocycles. The van der Waals surface area contributed by atoms with Crippen LogP contribution in [0.2, 0.25) is 0 Å². The molecule has 2 aliphatic heterocycles. The number of rotatable bonds is 9. The molecule has 0 spiro atoms. The third-order valence-electron chi connectivity index (χ3n) is 7.44. The second-order valence-corrected chi connectivity index (χ2v) is 13.6. The quantitative estimate of drug-likeness (QED) is 0.340. The molecule has 2 fully saturated rings. The minimum Gasteiger partial charge on any atom is -0.444 e. The number of likely N-dealkylation sites (tertiary alicyclic amines) is 1. The normalized spacial score (nSPS) is 23.5. The fourth-order valence-electron chi connectivity index (χ4n) is 5.39. The minimum absolute atomic E-state index is 0.00867. The van der Waals surface area contributed by atoms with E-state index in [4.69, 9.17) is 16.3 Å². The number of anilines is 1. The summed E-state index contributed by atoms with van der Waals surface area (Å²) in [6.45, 7) is 6.85. The standard InChI is InChI=1S/C29H36ClF2N5O4S/c1-18-5-7-19(8-6-18)25(35-27(40)41-28(2,3)4)22(15-39)34-26-33-11-24(42-26)23(13-36-16-29(31,32)17-36)37-12-20(30)9-10-21(37)14-38/h9-12,18-19,23,25H,5-8,13,16-17H2,1-4H3,(H,33,34)(H,35,40)/t18?,19?,23?,25-/m0/s1. The number of thiazole rings is 1. The molecule has 0 aromatic carbocycles. The Morgan fingerprint density at radius 1 is 1.24 bits per heavy atom. The number of nitrogens with one attached hydrogen (secondary N) is 2. The van der Waals surface area contributed by atoms with Crippen LogP contribution in [0.4, 0.5) is 18.7 Å². The number of ether oxygens (including phenoxy) is 1. The lowest BCUT2D eigenvalue weighted by atomic mass is 9.78. The first-order chi connectivity index (χ1) is 19.8. The Morgan fingerprint density at radius 2 is 1.93 bits per heavy atom. The Balaban J connectivity index is 1.57. The zero-order valence-electron chi connectivity index (χ0n) is 24.1. The van der Waals surface area contributed by atoms with E-state index in [1.54, 1.807) is 49.0 Å². The Bertz CT molecular complexity index is 1310. The lowest BCUT2D eigenvalue weighted by Crippen LogP contribution is -2.57. The number of hydrogen-bond donors (Lipinski definition) is 2. The van der Waals surface area contributed by atoms with E-state index in [0.717, 1.165) is 25.7 Å². The van der Waals surface area contributed by atoms with Crippen LogP contribution in [-0.2, 0) is 14.3 Å². The van der Waals surface area contributed by atoms with Crippen LogP contribution in [0.1, 0.15) is 64.3 Å². The first kappa shape index (κ1) is 31.9. The van der Waals surface area contributed by atoms with Crippen LogP contribution in [0.15, 0.2) is 41.0 Å². The third-order valence-corrected chi connectivity index (χ3v) is 8.68. The summed E-state index contributed by atoms with van der Waals surface area (Å²) in [7, 11) is 0. The van der Waals surface area contributed by atoms with Gasteiger partial charge >= 0.3 is 6.09 Å². The van der Waals surface area contributed by atoms with Crippen LogP contribution in [0.25, 0.3) is 0 Å². The molecule has 1 amide bonds. The molecule has 3 heterocycles. The van der Waals surface area contributed by atoms with Crippen molar-refractivity contribution in [2.45, 2.75) is 77.0 Å². The van der Waals surface area contributed by atoms with Gasteiger partial charge in [-0.3, -0.25) is 4.90 Å². The van der Waals surface area contributed by atoms with E-state index in [1.165, 1.54) is 17.4 Å². The summed E-state index contributed by atoms with van der Waals surface area (Å²) >= 11 is 7.43. The molecule has 1 aromatic rings. The van der Waals surface area contributed by atoms with Crippen LogP contribution >= 0.6 is 22.9 Å². The van der Waals surface area contributed by atoms with Gasteiger partial charge in [0.05, 0.1) is 35.1 Å². The lowest BCUT2D eigenvalue weighted by molar-refractivity contribution is -0.134. The zero-order chi connectivity index (χ0) is 30.7. The highest BCUT2D eigenvalue weighted by atomic mass is 35.5. The number of allylic oxidation sites excluding steroid dienone is 3. The smallest absolute Gasteiger partial charge is 0.408 e. The van der Waals surface area contributed by atoms with E-state index < -0.39 is 42.8 Å². The van der Waals surface area contributed by atoms with Gasteiger partial charge in [0, 0.05) is 18.9 Å². The van der Waals surface area contributed by atoms with Gasteiger partial charge in [-0.05, 0) is 57.6 Å². The molecular formula is C29H36ClF2N5O4S. The number of alkyl carbamates (subject to hydrolysis) is 1. The van der Waals surface area contributed by atoms with Crippen molar-refractivity contribution in [2.75, 3.05) is 25.0 Å². The van der Waals surface area contributed by atoms with Crippen molar-refractivity contribution in [3.8, 4) is 0 Å². The summed E-state index contributed by atoms with van der Waals surface area (Å²) in [5.41, 5.74) is -0.400. The SMILES string of the molecule is CC1CCC([C@H](NC(=O)OC(C)(C)C)C(=C=O)Nc2ncc(C(CN3CC(F)(F)C3)N3C=C(Cl)C=CC3=C=O)s2)CC1. The van der Waals surface area contributed by atoms with E-state index in [1.807, 2.05) is 11.9 Å². The van der Waals surface area contributed by atoms with Gasteiger partial charge in [-0.15, -0.1) is 0 Å². The maximum absolute atomic E-state index is 13.6. The van der Waals surface area contributed by atoms with Crippen molar-refractivity contribution >= 4 is 46.0 Å². The van der Waals surface area contributed by atoms with Crippen LogP contribution in [0, 0.1) is 11.8 Å². The van der Waals surface area contributed by atoms with E-state index in [0.29, 0.717) is 21.0 Å². The number of alkyl halides is 2. The summed E-state index contributed by atoms with van der Waals surface area (Å²) < 4.78 is 32.8. The number of nitrogens with zero attached hydrogens (tertiary/aromatic N) is 3. The van der Waals surface area contributed by atoms with Gasteiger partial charge in [-0.2, -0.15) is 0 Å². The second kappa shape index (κ2) is 13.1. The predicted molar refractivity (Wildman–Crippen MR) is 157 cm³/mol. The number of hydrogen-bond acceptors (Lipinski definition) is 9. The Morgan fingerprint density at radius 3 is 2.52 bits per heavy atom. The number of amides is 1. The van der Waals surface area contributed by atoms with E-state index >= 15 is 0 Å². The number of aromatic nitrogens is 1. The lowest BCUT2D eigenvalue weighted by Gasteiger charge is -2.42. The first-order valence-corrected chi connectivity index (χ1v) is 15.1. The van der Waals surface area contributed by atoms with Crippen molar-refractivity contribution < 1.29 is 27.9 Å². The van der Waals surface area contributed by atoms with Gasteiger partial charge in [0.15, 0.2) is 11.1 Å². The number of carbonyl (C=O) groups is 1. The molecule has 9 nitrogen and oxygen atoms in total. The fraction of sp³-hybridized carbons (Fsp3) is 0.586. The molecule has 1 saturated carbocycles. The molecule has 13 heteroatoms. The summed E-state index contributed by atoms with van der Waals surface area (Å²) in [6.07, 6.45) is 9.12. The topological polar surface area (TPSA) is 104 Å². The first-order valence-electron chi connectivity index (χ1n) is 13.9. The molecule has 42 heavy (non-hydrogen) atoms. The van der Waals surface area contributed by atoms with Crippen LogP contribution < -0.4 is 10.6 Å². The molecule has 0 bridgehead atoms. The molecule has 0 radical (unpaired) electrons. The zero-order valence-corrected chi connectivity index (χ0v) is 25.7. The van der Waals surface area contributed by atoms with Crippen LogP contribution in [0.3, 0.4) is 0 Å². The molecular weight excluding hydrogens is 588 g/mol. The van der Waals surface area contributed by atoms with Crippen LogP contribution in [0.5, 0.6) is 0 Å². The molecule has 2 atom stereocenters. The van der Waals surface area contributed by atoms with Crippen molar-refractivity contribution in [2.24, 2.45) is 11.8 Å². The maximum atomic E-state index is 13.6. The molecule has 2 N–H and O–H groups in total. The Labute approximate surface area is 253 Å². The Hall–Kier alpha value is -3.01. The average Bonchev–Trinajstić information content (AvgIpc) is 3.35. The largest absolute Gasteiger partial charge is 0.444 e. The molecule has 3 aliphatic rings. The van der Waals surface area contributed by atoms with Crippen molar-refractivity contribution in [1.82, 2.24) is 20.1 Å². The van der Waals surface area contributed by atoms with Crippen molar-refractivity contribution in [1.29, 1.82) is 0 Å². The highest BCUT2D eigenvalue weighted by Crippen LogP contribution is 2.38. The predicted octanol–water partition coefficient (Wildman–Crippen LogP) is 5.65. The third kappa shape index (κ3) is 8.30. The molecule has 1 saturated heterocycles. The van der Waals surface area contributed by atoms with Gasteiger partial charge < -0.3 is 20.3 Å². The summed E-state index contributed by atoms with van der Waals surface area (Å²) in [5.74, 6) is 1.64. The van der Waals surface area contributed by atoms with Gasteiger partial charge in [0.1, 0.15) is 22.9 Å². The Kier molecular flexibility index (Phi) is 9.96. The monoisotopic (exact) mass is 623 g/mol. The molecule has 1 aliphatic carbocycles. The van der Waals surface area contributed by atoms with Gasteiger partial charge in [0.25, 0.3) is 5.92 Å². The maximum Gasteiger partial charge on any atom is 0.408 e. The second-order valence-electron chi connectivity index (χ2n) is 12.1. The van der Waals surface area contributed by atoms with Gasteiger partial charge in [-0.25, -0.2) is 28.1 Å².